The van der Waals surface area contributed by atoms with E-state index in [-0.39, 0.29) is 0 Å². The van der Waals surface area contributed by atoms with Crippen LogP contribution >= 0.6 is 0 Å². The average Bonchev–Trinajstić information content (AvgIpc) is 2.70. The summed E-state index contributed by atoms with van der Waals surface area (Å²) in [5, 5.41) is 7.96. The van der Waals surface area contributed by atoms with Crippen molar-refractivity contribution < 1.29 is 0 Å². The Labute approximate surface area is 95.1 Å². The summed E-state index contributed by atoms with van der Waals surface area (Å²) >= 11 is 0. The topological polar surface area (TPSA) is 56.7 Å². The normalized spacial score (nSPS) is 10.6. The number of benzene rings is 1. The van der Waals surface area contributed by atoms with Crippen molar-refractivity contribution >= 4 is 0 Å². The quantitative estimate of drug-likeness (QED) is 0.833. The van der Waals surface area contributed by atoms with Gasteiger partial charge in [0.15, 0.2) is 0 Å². The molecule has 0 aliphatic carbocycles. The fraction of sp³-hybridized carbons (Fsp3) is 0.333. The van der Waals surface area contributed by atoms with Crippen molar-refractivity contribution in [3.8, 4) is 0 Å². The van der Waals surface area contributed by atoms with Crippen LogP contribution in [0.1, 0.15) is 17.0 Å². The summed E-state index contributed by atoms with van der Waals surface area (Å²) < 4.78 is 2.04. The van der Waals surface area contributed by atoms with Crippen molar-refractivity contribution in [2.24, 2.45) is 5.73 Å². The van der Waals surface area contributed by atoms with Crippen molar-refractivity contribution in [3.63, 3.8) is 0 Å². The van der Waals surface area contributed by atoms with Gasteiger partial charge in [-0.1, -0.05) is 29.8 Å². The number of aryl methyl sites for hydroxylation is 1. The van der Waals surface area contributed by atoms with Gasteiger partial charge in [0.25, 0.3) is 0 Å². The summed E-state index contributed by atoms with van der Waals surface area (Å²) in [4.78, 5) is 0. The molecule has 2 aromatic rings. The molecule has 2 N–H and O–H groups in total. The molecule has 4 heteroatoms. The second kappa shape index (κ2) is 4.90. The Morgan fingerprint density at radius 3 is 2.69 bits per heavy atom. The van der Waals surface area contributed by atoms with Crippen LogP contribution in [0.4, 0.5) is 0 Å². The summed E-state index contributed by atoms with van der Waals surface area (Å²) in [6.07, 6.45) is 2.52. The van der Waals surface area contributed by atoms with Crippen LogP contribution < -0.4 is 5.73 Å². The number of rotatable bonds is 4. The van der Waals surface area contributed by atoms with Crippen LogP contribution in [0.15, 0.2) is 30.6 Å². The average molecular weight is 216 g/mol. The van der Waals surface area contributed by atoms with Gasteiger partial charge in [0, 0.05) is 6.42 Å². The fourth-order valence-electron chi connectivity index (χ4n) is 1.62. The lowest BCUT2D eigenvalue weighted by molar-refractivity contribution is 0.716. The van der Waals surface area contributed by atoms with Crippen molar-refractivity contribution in [3.05, 3.63) is 47.5 Å². The lowest BCUT2D eigenvalue weighted by Crippen LogP contribution is -2.10. The van der Waals surface area contributed by atoms with E-state index in [1.807, 2.05) is 4.57 Å². The van der Waals surface area contributed by atoms with Crippen LogP contribution in [-0.4, -0.2) is 21.3 Å². The molecule has 1 aromatic heterocycles. The van der Waals surface area contributed by atoms with Crippen LogP contribution in [0.2, 0.25) is 0 Å². The van der Waals surface area contributed by atoms with E-state index in [0.717, 1.165) is 18.8 Å². The van der Waals surface area contributed by atoms with Gasteiger partial charge in [0.05, 0.1) is 6.54 Å². The van der Waals surface area contributed by atoms with E-state index in [2.05, 4.69) is 41.4 Å². The summed E-state index contributed by atoms with van der Waals surface area (Å²) in [5.74, 6) is 0.947. The number of nitrogens with zero attached hydrogens (tertiary/aromatic N) is 3. The molecule has 1 aromatic carbocycles. The highest BCUT2D eigenvalue weighted by Crippen LogP contribution is 2.06. The highest BCUT2D eigenvalue weighted by atomic mass is 15.3. The van der Waals surface area contributed by atoms with Gasteiger partial charge in [-0.05, 0) is 19.0 Å². The molecule has 84 valence electrons. The lowest BCUT2D eigenvalue weighted by Gasteiger charge is -2.06. The van der Waals surface area contributed by atoms with E-state index in [1.54, 1.807) is 6.33 Å². The van der Waals surface area contributed by atoms with E-state index >= 15 is 0 Å². The molecule has 0 atom stereocenters. The molecule has 2 rings (SSSR count). The molecule has 0 bridgehead atoms. The van der Waals surface area contributed by atoms with Crippen molar-refractivity contribution in [2.45, 2.75) is 19.9 Å². The minimum atomic E-state index is 0.604. The largest absolute Gasteiger partial charge is 0.330 e. The molecule has 4 nitrogen and oxygen atoms in total. The zero-order valence-corrected chi connectivity index (χ0v) is 9.43. The Hall–Kier alpha value is -1.68. The molecular weight excluding hydrogens is 200 g/mol. The van der Waals surface area contributed by atoms with E-state index in [1.165, 1.54) is 11.1 Å². The first kappa shape index (κ1) is 10.8. The summed E-state index contributed by atoms with van der Waals surface area (Å²) in [5.41, 5.74) is 8.05. The van der Waals surface area contributed by atoms with Gasteiger partial charge in [0.1, 0.15) is 12.2 Å². The Morgan fingerprint density at radius 2 is 2.00 bits per heavy atom. The Kier molecular flexibility index (Phi) is 3.31. The standard InChI is InChI=1S/C12H16N4/c1-10-2-4-11(5-3-10)8-16-9-14-15-12(16)6-7-13/h2-5,9H,6-8,13H2,1H3. The predicted molar refractivity (Wildman–Crippen MR) is 63.1 cm³/mol. The van der Waals surface area contributed by atoms with Crippen LogP contribution in [-0.2, 0) is 13.0 Å². The maximum absolute atomic E-state index is 5.52. The first-order valence-corrected chi connectivity index (χ1v) is 5.42. The molecule has 0 amide bonds. The Morgan fingerprint density at radius 1 is 1.25 bits per heavy atom. The molecule has 0 spiro atoms. The third-order valence-electron chi connectivity index (χ3n) is 2.54. The molecular formula is C12H16N4. The summed E-state index contributed by atoms with van der Waals surface area (Å²) in [6.45, 7) is 3.50. The first-order valence-electron chi connectivity index (χ1n) is 5.42. The third kappa shape index (κ3) is 2.46. The van der Waals surface area contributed by atoms with Gasteiger partial charge in [0.2, 0.25) is 0 Å². The molecule has 0 unspecified atom stereocenters. The predicted octanol–water partition coefficient (Wildman–Crippen LogP) is 1.14. The van der Waals surface area contributed by atoms with E-state index in [9.17, 15) is 0 Å². The van der Waals surface area contributed by atoms with Crippen LogP contribution in [0.25, 0.3) is 0 Å². The van der Waals surface area contributed by atoms with Crippen molar-refractivity contribution in [1.29, 1.82) is 0 Å². The fourth-order valence-corrected chi connectivity index (χ4v) is 1.62. The Bertz CT molecular complexity index is 444. The second-order valence-electron chi connectivity index (χ2n) is 3.90. The molecule has 0 saturated heterocycles. The van der Waals surface area contributed by atoms with Gasteiger partial charge < -0.3 is 10.3 Å². The summed E-state index contributed by atoms with van der Waals surface area (Å²) in [7, 11) is 0. The highest BCUT2D eigenvalue weighted by molar-refractivity contribution is 5.21. The van der Waals surface area contributed by atoms with Crippen LogP contribution in [0.5, 0.6) is 0 Å². The molecule has 0 aliphatic rings. The molecule has 0 radical (unpaired) electrons. The second-order valence-corrected chi connectivity index (χ2v) is 3.90. The molecule has 0 fully saturated rings. The summed E-state index contributed by atoms with van der Waals surface area (Å²) in [6, 6.07) is 8.48. The number of aromatic nitrogens is 3. The number of hydrogen-bond acceptors (Lipinski definition) is 3. The molecule has 16 heavy (non-hydrogen) atoms. The van der Waals surface area contributed by atoms with Gasteiger partial charge in [-0.25, -0.2) is 0 Å². The zero-order chi connectivity index (χ0) is 11.4. The Balaban J connectivity index is 2.13. The lowest BCUT2D eigenvalue weighted by atomic mass is 10.1. The minimum Gasteiger partial charge on any atom is -0.330 e. The molecule has 1 heterocycles. The van der Waals surface area contributed by atoms with Crippen LogP contribution in [0.3, 0.4) is 0 Å². The molecule has 0 aliphatic heterocycles. The van der Waals surface area contributed by atoms with Gasteiger partial charge in [-0.3, -0.25) is 0 Å². The monoisotopic (exact) mass is 216 g/mol. The van der Waals surface area contributed by atoms with Gasteiger partial charge >= 0.3 is 0 Å². The highest BCUT2D eigenvalue weighted by Gasteiger charge is 2.03. The van der Waals surface area contributed by atoms with E-state index < -0.39 is 0 Å². The minimum absolute atomic E-state index is 0.604. The van der Waals surface area contributed by atoms with E-state index in [4.69, 9.17) is 5.73 Å². The first-order chi connectivity index (χ1) is 7.79. The number of hydrogen-bond donors (Lipinski definition) is 1. The third-order valence-corrected chi connectivity index (χ3v) is 2.54. The SMILES string of the molecule is Cc1ccc(Cn2cnnc2CCN)cc1. The van der Waals surface area contributed by atoms with Gasteiger partial charge in [-0.15, -0.1) is 10.2 Å². The van der Waals surface area contributed by atoms with Gasteiger partial charge in [-0.2, -0.15) is 0 Å². The maximum Gasteiger partial charge on any atom is 0.134 e. The zero-order valence-electron chi connectivity index (χ0n) is 9.43. The smallest absolute Gasteiger partial charge is 0.134 e. The van der Waals surface area contributed by atoms with Crippen molar-refractivity contribution in [1.82, 2.24) is 14.8 Å². The van der Waals surface area contributed by atoms with Crippen molar-refractivity contribution in [2.75, 3.05) is 6.54 Å². The van der Waals surface area contributed by atoms with Crippen LogP contribution in [0, 0.1) is 6.92 Å². The maximum atomic E-state index is 5.52. The van der Waals surface area contributed by atoms with E-state index in [0.29, 0.717) is 6.54 Å². The number of nitrogens with two attached hydrogens (primary N) is 1. The molecule has 0 saturated carbocycles.